The van der Waals surface area contributed by atoms with Crippen LogP contribution >= 0.6 is 0 Å². The number of methoxy groups -OCH3 is 2. The number of carbonyl (C=O) groups is 3. The molecule has 0 aromatic heterocycles. The molecule has 38 heavy (non-hydrogen) atoms. The van der Waals surface area contributed by atoms with Gasteiger partial charge < -0.3 is 18.9 Å². The lowest BCUT2D eigenvalue weighted by Crippen LogP contribution is -2.27. The van der Waals surface area contributed by atoms with Crippen molar-refractivity contribution in [2.24, 2.45) is 0 Å². The number of ketones is 1. The van der Waals surface area contributed by atoms with Crippen LogP contribution in [-0.4, -0.2) is 44.7 Å². The molecule has 1 aromatic rings. The van der Waals surface area contributed by atoms with E-state index in [1.807, 2.05) is 32.1 Å². The molecule has 7 heteroatoms. The van der Waals surface area contributed by atoms with E-state index in [9.17, 15) is 14.4 Å². The minimum atomic E-state index is -0.799. The van der Waals surface area contributed by atoms with E-state index >= 15 is 0 Å². The van der Waals surface area contributed by atoms with Crippen LogP contribution in [0.5, 0.6) is 11.5 Å². The van der Waals surface area contributed by atoms with E-state index in [0.29, 0.717) is 19.3 Å². The summed E-state index contributed by atoms with van der Waals surface area (Å²) in [6.45, 7) is 7.71. The van der Waals surface area contributed by atoms with Crippen LogP contribution in [-0.2, 0) is 14.3 Å². The Bertz CT molecular complexity index is 988. The van der Waals surface area contributed by atoms with Gasteiger partial charge >= 0.3 is 11.9 Å². The van der Waals surface area contributed by atoms with Crippen LogP contribution in [0.15, 0.2) is 61.2 Å². The second-order valence-corrected chi connectivity index (χ2v) is 8.52. The molecule has 0 aliphatic rings. The predicted octanol–water partition coefficient (Wildman–Crippen LogP) is 6.97. The molecule has 0 saturated carbocycles. The standard InChI is InChI=1S/C31H42O7/c1-6-9-11-12-13-14-15-16-18-20-27(26(32)19-17-10-7-2)38-29-23-25(31(34)36-5)24(30(33)35-4)22-28(29)37-21-8-3/h6-10,16,18,22-23,27H,3,11-15,17,19-21H2,1-2,4-5H3/b9-6+,10-7+,18-16+. The summed E-state index contributed by atoms with van der Waals surface area (Å²) in [5, 5.41) is 0. The molecule has 1 atom stereocenters. The number of unbranched alkanes of at least 4 members (excludes halogenated alkanes) is 4. The maximum atomic E-state index is 13.1. The van der Waals surface area contributed by atoms with E-state index in [-0.39, 0.29) is 35.0 Å². The highest BCUT2D eigenvalue weighted by Gasteiger charge is 2.26. The molecule has 0 aliphatic heterocycles. The molecule has 0 fully saturated rings. The third-order valence-electron chi connectivity index (χ3n) is 5.67. The van der Waals surface area contributed by atoms with E-state index in [0.717, 1.165) is 32.1 Å². The molecule has 0 saturated heterocycles. The lowest BCUT2D eigenvalue weighted by Gasteiger charge is -2.20. The molecule has 0 bridgehead atoms. The summed E-state index contributed by atoms with van der Waals surface area (Å²) in [4.78, 5) is 37.9. The molecule has 0 amide bonds. The fraction of sp³-hybridized carbons (Fsp3) is 0.452. The average Bonchev–Trinajstić information content (AvgIpc) is 2.93. The molecule has 208 valence electrons. The number of Topliss-reactive ketones (excluding diaryl/α,β-unsaturated/α-hetero) is 1. The van der Waals surface area contributed by atoms with Gasteiger partial charge in [-0.1, -0.05) is 55.5 Å². The maximum absolute atomic E-state index is 13.1. The van der Waals surface area contributed by atoms with Gasteiger partial charge in [-0.3, -0.25) is 4.79 Å². The van der Waals surface area contributed by atoms with Gasteiger partial charge in [-0.15, -0.1) is 0 Å². The lowest BCUT2D eigenvalue weighted by atomic mass is 10.0. The summed E-state index contributed by atoms with van der Waals surface area (Å²) in [7, 11) is 2.43. The molecule has 0 aliphatic carbocycles. The lowest BCUT2D eigenvalue weighted by molar-refractivity contribution is -0.125. The number of benzene rings is 1. The highest BCUT2D eigenvalue weighted by Crippen LogP contribution is 2.34. The Morgan fingerprint density at radius 3 is 1.97 bits per heavy atom. The predicted molar refractivity (Wildman–Crippen MR) is 150 cm³/mol. The van der Waals surface area contributed by atoms with Gasteiger partial charge in [0.05, 0.1) is 25.3 Å². The maximum Gasteiger partial charge on any atom is 0.338 e. The van der Waals surface area contributed by atoms with Crippen LogP contribution in [0.2, 0.25) is 0 Å². The highest BCUT2D eigenvalue weighted by atomic mass is 16.5. The van der Waals surface area contributed by atoms with Crippen molar-refractivity contribution >= 4 is 17.7 Å². The van der Waals surface area contributed by atoms with Gasteiger partial charge in [-0.2, -0.15) is 0 Å². The van der Waals surface area contributed by atoms with Gasteiger partial charge in [0.1, 0.15) is 6.61 Å². The van der Waals surface area contributed by atoms with Crippen molar-refractivity contribution < 1.29 is 33.3 Å². The number of esters is 2. The van der Waals surface area contributed by atoms with Gasteiger partial charge in [0.2, 0.25) is 0 Å². The van der Waals surface area contributed by atoms with E-state index < -0.39 is 18.0 Å². The molecular formula is C31H42O7. The van der Waals surface area contributed by atoms with Gasteiger partial charge in [0, 0.05) is 12.8 Å². The Hall–Kier alpha value is -3.61. The monoisotopic (exact) mass is 526 g/mol. The van der Waals surface area contributed by atoms with Gasteiger partial charge in [0.25, 0.3) is 0 Å². The van der Waals surface area contributed by atoms with Crippen molar-refractivity contribution in [2.45, 2.75) is 71.3 Å². The normalized spacial score (nSPS) is 12.1. The van der Waals surface area contributed by atoms with Crippen molar-refractivity contribution in [1.29, 1.82) is 0 Å². The number of ether oxygens (including phenoxy) is 4. The molecule has 1 unspecified atom stereocenters. The van der Waals surface area contributed by atoms with Crippen LogP contribution in [0.1, 0.15) is 85.9 Å². The van der Waals surface area contributed by atoms with Crippen molar-refractivity contribution in [2.75, 3.05) is 20.8 Å². The number of carbonyl (C=O) groups excluding carboxylic acids is 3. The number of hydrogen-bond donors (Lipinski definition) is 0. The van der Waals surface area contributed by atoms with Crippen LogP contribution < -0.4 is 9.47 Å². The molecule has 1 aromatic carbocycles. The molecule has 7 nitrogen and oxygen atoms in total. The molecule has 0 N–H and O–H groups in total. The zero-order valence-electron chi connectivity index (χ0n) is 23.2. The number of rotatable bonds is 19. The van der Waals surface area contributed by atoms with Crippen molar-refractivity contribution in [3.05, 3.63) is 72.4 Å². The van der Waals surface area contributed by atoms with Crippen molar-refractivity contribution in [3.63, 3.8) is 0 Å². The average molecular weight is 527 g/mol. The highest BCUT2D eigenvalue weighted by molar-refractivity contribution is 6.04. The largest absolute Gasteiger partial charge is 0.486 e. The Morgan fingerprint density at radius 1 is 0.816 bits per heavy atom. The first kappa shape index (κ1) is 32.4. The second kappa shape index (κ2) is 19.5. The first-order chi connectivity index (χ1) is 18.4. The first-order valence-electron chi connectivity index (χ1n) is 13.1. The zero-order valence-corrected chi connectivity index (χ0v) is 23.2. The third-order valence-corrected chi connectivity index (χ3v) is 5.67. The summed E-state index contributed by atoms with van der Waals surface area (Å²) in [6, 6.07) is 2.72. The fourth-order valence-corrected chi connectivity index (χ4v) is 3.63. The van der Waals surface area contributed by atoms with E-state index in [1.165, 1.54) is 32.4 Å². The van der Waals surface area contributed by atoms with Crippen LogP contribution in [0.4, 0.5) is 0 Å². The SMILES string of the molecule is C=CCOc1cc(C(=O)OC)c(C(=O)OC)cc1OC(C/C=C/CCCCC/C=C/C)C(=O)CC/C=C/C. The fourth-order valence-electron chi connectivity index (χ4n) is 3.63. The molecule has 0 spiro atoms. The first-order valence-corrected chi connectivity index (χ1v) is 13.1. The minimum absolute atomic E-state index is 0.0314. The Morgan fingerprint density at radius 2 is 1.39 bits per heavy atom. The topological polar surface area (TPSA) is 88.1 Å². The number of allylic oxidation sites excluding steroid dienone is 5. The van der Waals surface area contributed by atoms with Crippen molar-refractivity contribution in [1.82, 2.24) is 0 Å². The van der Waals surface area contributed by atoms with Crippen LogP contribution in [0.3, 0.4) is 0 Å². The van der Waals surface area contributed by atoms with E-state index in [2.05, 4.69) is 24.8 Å². The summed E-state index contributed by atoms with van der Waals surface area (Å²) in [6.07, 6.45) is 19.5. The summed E-state index contributed by atoms with van der Waals surface area (Å²) in [5.74, 6) is -1.20. The quantitative estimate of drug-likeness (QED) is 0.109. The Kier molecular flexibility index (Phi) is 16.6. The van der Waals surface area contributed by atoms with Crippen molar-refractivity contribution in [3.8, 4) is 11.5 Å². The Balaban J connectivity index is 3.21. The van der Waals surface area contributed by atoms with Crippen LogP contribution in [0.25, 0.3) is 0 Å². The summed E-state index contributed by atoms with van der Waals surface area (Å²) >= 11 is 0. The van der Waals surface area contributed by atoms with E-state index in [1.54, 1.807) is 0 Å². The Labute approximate surface area is 227 Å². The smallest absolute Gasteiger partial charge is 0.338 e. The van der Waals surface area contributed by atoms with Gasteiger partial charge in [-0.05, 0) is 58.1 Å². The van der Waals surface area contributed by atoms with E-state index in [4.69, 9.17) is 18.9 Å². The zero-order chi connectivity index (χ0) is 28.2. The van der Waals surface area contributed by atoms with Gasteiger partial charge in [-0.25, -0.2) is 9.59 Å². The summed E-state index contributed by atoms with van der Waals surface area (Å²) in [5.41, 5.74) is -0.0788. The van der Waals surface area contributed by atoms with Crippen LogP contribution in [0, 0.1) is 0 Å². The summed E-state index contributed by atoms with van der Waals surface area (Å²) < 4.78 is 21.5. The van der Waals surface area contributed by atoms with Gasteiger partial charge in [0.15, 0.2) is 23.4 Å². The molecule has 1 rings (SSSR count). The molecule has 0 radical (unpaired) electrons. The molecular weight excluding hydrogens is 484 g/mol. The second-order valence-electron chi connectivity index (χ2n) is 8.52. The minimum Gasteiger partial charge on any atom is -0.486 e. The third kappa shape index (κ3) is 11.6. The number of hydrogen-bond acceptors (Lipinski definition) is 7. The molecule has 0 heterocycles.